The Kier molecular flexibility index (Phi) is 5.06. The van der Waals surface area contributed by atoms with Gasteiger partial charge < -0.3 is 10.6 Å². The van der Waals surface area contributed by atoms with Gasteiger partial charge in [0.1, 0.15) is 0 Å². The van der Waals surface area contributed by atoms with Gasteiger partial charge in [-0.2, -0.15) is 0 Å². The van der Waals surface area contributed by atoms with E-state index in [0.717, 1.165) is 28.1 Å². The molecule has 162 valence electrons. The number of nitrogens with one attached hydrogen (secondary N) is 2. The van der Waals surface area contributed by atoms with Crippen LogP contribution in [-0.2, 0) is 0 Å². The fourth-order valence-corrected chi connectivity index (χ4v) is 4.26. The predicted molar refractivity (Wildman–Crippen MR) is 133 cm³/mol. The molecule has 0 spiro atoms. The van der Waals surface area contributed by atoms with Crippen molar-refractivity contribution in [1.29, 1.82) is 0 Å². The maximum Gasteiger partial charge on any atom is 0.196 e. The summed E-state index contributed by atoms with van der Waals surface area (Å²) >= 11 is 0. The van der Waals surface area contributed by atoms with Crippen LogP contribution in [0.2, 0.25) is 0 Å². The highest BCUT2D eigenvalue weighted by molar-refractivity contribution is 6.32. The molecule has 5 rings (SSSR count). The predicted octanol–water partition coefficient (Wildman–Crippen LogP) is 6.87. The summed E-state index contributed by atoms with van der Waals surface area (Å²) in [6, 6.07) is 24.9. The zero-order valence-electron chi connectivity index (χ0n) is 18.8. The third-order valence-electron chi connectivity index (χ3n) is 6.05. The Morgan fingerprint density at radius 3 is 1.61 bits per heavy atom. The van der Waals surface area contributed by atoms with Crippen LogP contribution in [0.3, 0.4) is 0 Å². The van der Waals surface area contributed by atoms with E-state index in [4.69, 9.17) is 0 Å². The van der Waals surface area contributed by atoms with Gasteiger partial charge in [-0.1, -0.05) is 59.7 Å². The second kappa shape index (κ2) is 8.06. The third-order valence-corrected chi connectivity index (χ3v) is 6.05. The molecule has 0 unspecified atom stereocenters. The molecule has 4 aromatic carbocycles. The van der Waals surface area contributed by atoms with E-state index in [1.807, 2.05) is 75.4 Å². The van der Waals surface area contributed by atoms with Gasteiger partial charge in [0.15, 0.2) is 11.6 Å². The highest BCUT2D eigenvalue weighted by Gasteiger charge is 2.34. The first-order valence-electron chi connectivity index (χ1n) is 11.0. The lowest BCUT2D eigenvalue weighted by Crippen LogP contribution is -2.24. The summed E-state index contributed by atoms with van der Waals surface area (Å²) in [4.78, 5) is 27.4. The van der Waals surface area contributed by atoms with Crippen molar-refractivity contribution in [3.05, 3.63) is 118 Å². The number of anilines is 4. The van der Waals surface area contributed by atoms with Gasteiger partial charge in [-0.25, -0.2) is 0 Å². The normalized spacial score (nSPS) is 12.2. The summed E-state index contributed by atoms with van der Waals surface area (Å²) in [6.45, 7) is 6.01. The number of fused-ring (bicyclic) bond motifs is 2. The van der Waals surface area contributed by atoms with Crippen LogP contribution in [0.5, 0.6) is 0 Å². The number of carbonyl (C=O) groups excluding carboxylic acids is 2. The molecule has 0 radical (unpaired) electrons. The van der Waals surface area contributed by atoms with Gasteiger partial charge >= 0.3 is 0 Å². The van der Waals surface area contributed by atoms with Gasteiger partial charge in [0.05, 0.1) is 22.5 Å². The van der Waals surface area contributed by atoms with Crippen molar-refractivity contribution in [2.45, 2.75) is 20.8 Å². The largest absolute Gasteiger partial charge is 0.355 e. The van der Waals surface area contributed by atoms with Crippen LogP contribution < -0.4 is 10.6 Å². The Balaban J connectivity index is 1.70. The Hall–Kier alpha value is -4.18. The highest BCUT2D eigenvalue weighted by atomic mass is 16.1. The molecule has 1 aliphatic carbocycles. The number of hydrogen-bond acceptors (Lipinski definition) is 4. The van der Waals surface area contributed by atoms with Gasteiger partial charge in [0.2, 0.25) is 0 Å². The van der Waals surface area contributed by atoms with Gasteiger partial charge in [0.25, 0.3) is 0 Å². The first-order chi connectivity index (χ1) is 15.9. The van der Waals surface area contributed by atoms with Gasteiger partial charge in [0, 0.05) is 22.5 Å². The fourth-order valence-electron chi connectivity index (χ4n) is 4.26. The highest BCUT2D eigenvalue weighted by Crippen LogP contribution is 2.40. The Morgan fingerprint density at radius 1 is 0.576 bits per heavy atom. The molecular weight excluding hydrogens is 408 g/mol. The molecule has 4 aromatic rings. The van der Waals surface area contributed by atoms with Crippen molar-refractivity contribution in [3.8, 4) is 0 Å². The van der Waals surface area contributed by atoms with E-state index in [2.05, 4.69) is 10.6 Å². The van der Waals surface area contributed by atoms with Gasteiger partial charge in [-0.3, -0.25) is 9.59 Å². The molecule has 0 aromatic heterocycles. The van der Waals surface area contributed by atoms with Crippen molar-refractivity contribution in [1.82, 2.24) is 0 Å². The van der Waals surface area contributed by atoms with Crippen LogP contribution in [0.15, 0.2) is 78.9 Å². The maximum absolute atomic E-state index is 13.7. The summed E-state index contributed by atoms with van der Waals surface area (Å²) in [7, 11) is 0. The molecule has 2 N–H and O–H groups in total. The number of benzene rings is 4. The lowest BCUT2D eigenvalue weighted by molar-refractivity contribution is 0.0980. The second-order valence-electron chi connectivity index (χ2n) is 8.55. The molecule has 33 heavy (non-hydrogen) atoms. The van der Waals surface area contributed by atoms with E-state index in [0.29, 0.717) is 33.6 Å². The first kappa shape index (κ1) is 20.7. The SMILES string of the molecule is Cc1ccc(Nc2cc(C)c(Nc3ccc(C)cc3)c3c2C(=O)c2ccccc2C3=O)cc1. The number of rotatable bonds is 4. The maximum atomic E-state index is 13.7. The molecule has 4 heteroatoms. The summed E-state index contributed by atoms with van der Waals surface area (Å²) in [5, 5.41) is 6.79. The standard InChI is InChI=1S/C29H24N2O2/c1-17-8-12-20(13-9-17)30-24-16-19(3)27(31-21-14-10-18(2)11-15-21)26-25(24)28(32)22-6-4-5-7-23(22)29(26)33/h4-16,30-31H,1-3H3. The second-order valence-corrected chi connectivity index (χ2v) is 8.55. The van der Waals surface area contributed by atoms with E-state index in [9.17, 15) is 9.59 Å². The van der Waals surface area contributed by atoms with Crippen LogP contribution in [0, 0.1) is 20.8 Å². The van der Waals surface area contributed by atoms with E-state index < -0.39 is 0 Å². The minimum Gasteiger partial charge on any atom is -0.355 e. The number of ketones is 2. The van der Waals surface area contributed by atoms with E-state index in [-0.39, 0.29) is 11.6 Å². The lowest BCUT2D eigenvalue weighted by atomic mass is 9.81. The van der Waals surface area contributed by atoms with Crippen LogP contribution in [0.25, 0.3) is 0 Å². The summed E-state index contributed by atoms with van der Waals surface area (Å²) < 4.78 is 0. The van der Waals surface area contributed by atoms with Crippen molar-refractivity contribution in [2.75, 3.05) is 10.6 Å². The number of hydrogen-bond donors (Lipinski definition) is 2. The lowest BCUT2D eigenvalue weighted by Gasteiger charge is -2.25. The Labute approximate surface area is 193 Å². The third kappa shape index (κ3) is 3.70. The van der Waals surface area contributed by atoms with Gasteiger partial charge in [-0.05, 0) is 56.7 Å². The van der Waals surface area contributed by atoms with E-state index >= 15 is 0 Å². The Bertz CT molecular complexity index is 1400. The number of carbonyl (C=O) groups is 2. The van der Waals surface area contributed by atoms with Crippen molar-refractivity contribution < 1.29 is 9.59 Å². The smallest absolute Gasteiger partial charge is 0.196 e. The van der Waals surface area contributed by atoms with E-state index in [1.54, 1.807) is 24.3 Å². The molecule has 0 saturated carbocycles. The molecule has 0 aliphatic heterocycles. The number of aryl methyl sites for hydroxylation is 3. The van der Waals surface area contributed by atoms with Gasteiger partial charge in [-0.15, -0.1) is 0 Å². The average Bonchev–Trinajstić information content (AvgIpc) is 2.82. The average molecular weight is 433 g/mol. The molecule has 0 bridgehead atoms. The van der Waals surface area contributed by atoms with Crippen LogP contribution in [0.1, 0.15) is 48.5 Å². The Morgan fingerprint density at radius 2 is 1.06 bits per heavy atom. The van der Waals surface area contributed by atoms with Crippen LogP contribution in [-0.4, -0.2) is 11.6 Å². The molecule has 1 aliphatic rings. The molecule has 4 nitrogen and oxygen atoms in total. The molecule has 0 heterocycles. The van der Waals surface area contributed by atoms with Crippen molar-refractivity contribution >= 4 is 34.3 Å². The van der Waals surface area contributed by atoms with Crippen LogP contribution >= 0.6 is 0 Å². The molecule has 0 amide bonds. The van der Waals surface area contributed by atoms with Crippen molar-refractivity contribution in [2.24, 2.45) is 0 Å². The first-order valence-corrected chi connectivity index (χ1v) is 11.0. The topological polar surface area (TPSA) is 58.2 Å². The summed E-state index contributed by atoms with van der Waals surface area (Å²) in [5.74, 6) is -0.299. The quantitative estimate of drug-likeness (QED) is 0.325. The fraction of sp³-hybridized carbons (Fsp3) is 0.103. The summed E-state index contributed by atoms with van der Waals surface area (Å²) in [6.07, 6.45) is 0. The van der Waals surface area contributed by atoms with E-state index in [1.165, 1.54) is 0 Å². The molecule has 0 atom stereocenters. The zero-order chi connectivity index (χ0) is 23.1. The van der Waals surface area contributed by atoms with Crippen LogP contribution in [0.4, 0.5) is 22.7 Å². The summed E-state index contributed by atoms with van der Waals surface area (Å²) in [5.41, 5.74) is 7.89. The minimum atomic E-state index is -0.151. The molecule has 0 fully saturated rings. The monoisotopic (exact) mass is 432 g/mol. The molecular formula is C29H24N2O2. The zero-order valence-corrected chi connectivity index (χ0v) is 18.8. The minimum absolute atomic E-state index is 0.148. The van der Waals surface area contributed by atoms with Crippen molar-refractivity contribution in [3.63, 3.8) is 0 Å². The molecule has 0 saturated heterocycles.